The van der Waals surface area contributed by atoms with Gasteiger partial charge in [0.15, 0.2) is 11.5 Å². The minimum atomic E-state index is -0.852. The molecule has 0 unspecified atom stereocenters. The first-order valence-corrected chi connectivity index (χ1v) is 12.9. The number of anilines is 1. The fourth-order valence-corrected chi connectivity index (χ4v) is 4.32. The Morgan fingerprint density at radius 3 is 2.41 bits per heavy atom. The van der Waals surface area contributed by atoms with Gasteiger partial charge in [-0.3, -0.25) is 14.9 Å². The summed E-state index contributed by atoms with van der Waals surface area (Å²) < 4.78 is 12.0. The van der Waals surface area contributed by atoms with Gasteiger partial charge < -0.3 is 9.47 Å². The van der Waals surface area contributed by atoms with E-state index in [4.69, 9.17) is 32.7 Å². The quantitative estimate of drug-likeness (QED) is 0.178. The zero-order valence-electron chi connectivity index (χ0n) is 21.4. The summed E-state index contributed by atoms with van der Waals surface area (Å²) >= 11 is 12.2. The van der Waals surface area contributed by atoms with Crippen molar-refractivity contribution in [2.24, 2.45) is 0 Å². The first-order chi connectivity index (χ1) is 18.7. The molecular weight excluding hydrogens is 539 g/mol. The number of aryl methyl sites for hydroxylation is 1. The number of ether oxygens (including phenoxy) is 2. The van der Waals surface area contributed by atoms with Gasteiger partial charge >= 0.3 is 6.03 Å². The average molecular weight is 565 g/mol. The second kappa shape index (κ2) is 12.2. The van der Waals surface area contributed by atoms with Crippen LogP contribution in [0.15, 0.2) is 72.8 Å². The number of halogens is 2. The number of amides is 4. The number of nitrogens with zero attached hydrogens (tertiary/aromatic N) is 1. The Morgan fingerprint density at radius 2 is 1.74 bits per heavy atom. The van der Waals surface area contributed by atoms with Gasteiger partial charge in [0.05, 0.1) is 12.3 Å². The summed E-state index contributed by atoms with van der Waals surface area (Å²) in [7, 11) is 0. The van der Waals surface area contributed by atoms with Crippen LogP contribution in [0.5, 0.6) is 11.5 Å². The number of imide groups is 2. The summed E-state index contributed by atoms with van der Waals surface area (Å²) in [4.78, 5) is 39.6. The molecule has 200 valence electrons. The molecule has 3 aromatic carbocycles. The van der Waals surface area contributed by atoms with Crippen LogP contribution in [0.25, 0.3) is 6.08 Å². The topological polar surface area (TPSA) is 84.9 Å². The first-order valence-electron chi connectivity index (χ1n) is 12.2. The maximum atomic E-state index is 13.4. The Labute approximate surface area is 236 Å². The average Bonchev–Trinajstić information content (AvgIpc) is 2.89. The summed E-state index contributed by atoms with van der Waals surface area (Å²) in [6, 6.07) is 14.7. The van der Waals surface area contributed by atoms with Crippen LogP contribution in [-0.2, 0) is 22.6 Å². The molecule has 4 amide bonds. The van der Waals surface area contributed by atoms with Crippen molar-refractivity contribution in [1.82, 2.24) is 5.32 Å². The van der Waals surface area contributed by atoms with E-state index in [0.29, 0.717) is 40.1 Å². The molecule has 0 radical (unpaired) electrons. The molecule has 1 saturated heterocycles. The number of nitrogens with one attached hydrogen (secondary N) is 1. The fourth-order valence-electron chi connectivity index (χ4n) is 4.02. The van der Waals surface area contributed by atoms with Crippen LogP contribution >= 0.6 is 23.2 Å². The molecule has 1 N–H and O–H groups in total. The number of barbiturate groups is 1. The molecule has 1 fully saturated rings. The van der Waals surface area contributed by atoms with Crippen LogP contribution in [0.4, 0.5) is 10.5 Å². The van der Waals surface area contributed by atoms with Gasteiger partial charge in [0.25, 0.3) is 11.8 Å². The molecule has 0 aliphatic carbocycles. The monoisotopic (exact) mass is 564 g/mol. The molecule has 0 bridgehead atoms. The van der Waals surface area contributed by atoms with Crippen molar-refractivity contribution >= 4 is 52.8 Å². The van der Waals surface area contributed by atoms with Crippen molar-refractivity contribution in [3.8, 4) is 11.5 Å². The Hall–Kier alpha value is -4.07. The third-order valence-corrected chi connectivity index (χ3v) is 6.60. The van der Waals surface area contributed by atoms with E-state index in [9.17, 15) is 14.4 Å². The van der Waals surface area contributed by atoms with E-state index in [1.165, 1.54) is 12.1 Å². The van der Waals surface area contributed by atoms with Gasteiger partial charge in [-0.25, -0.2) is 9.69 Å². The van der Waals surface area contributed by atoms with Crippen molar-refractivity contribution < 1.29 is 23.9 Å². The minimum absolute atomic E-state index is 0.215. The second-order valence-corrected chi connectivity index (χ2v) is 9.58. The fraction of sp³-hybridized carbons (Fsp3) is 0.167. The maximum Gasteiger partial charge on any atom is 0.335 e. The molecule has 4 rings (SSSR count). The van der Waals surface area contributed by atoms with Gasteiger partial charge in [0.1, 0.15) is 12.2 Å². The number of carbonyl (C=O) groups excluding carboxylic acids is 3. The Balaban J connectivity index is 1.72. The van der Waals surface area contributed by atoms with E-state index >= 15 is 0 Å². The Morgan fingerprint density at radius 1 is 1.00 bits per heavy atom. The van der Waals surface area contributed by atoms with Crippen LogP contribution in [-0.4, -0.2) is 24.5 Å². The summed E-state index contributed by atoms with van der Waals surface area (Å²) in [6.07, 6.45) is 3.59. The third kappa shape index (κ3) is 6.33. The van der Waals surface area contributed by atoms with Gasteiger partial charge in [0, 0.05) is 15.6 Å². The summed E-state index contributed by atoms with van der Waals surface area (Å²) in [5.74, 6) is -0.598. The molecular formula is C30H26Cl2N2O5. The second-order valence-electron chi connectivity index (χ2n) is 8.74. The van der Waals surface area contributed by atoms with Crippen molar-refractivity contribution in [3.05, 3.63) is 105 Å². The molecule has 39 heavy (non-hydrogen) atoms. The van der Waals surface area contributed by atoms with E-state index in [0.717, 1.165) is 21.6 Å². The Bertz CT molecular complexity index is 1480. The molecule has 9 heteroatoms. The predicted molar refractivity (Wildman–Crippen MR) is 152 cm³/mol. The van der Waals surface area contributed by atoms with E-state index in [1.807, 2.05) is 19.1 Å². The van der Waals surface area contributed by atoms with Crippen molar-refractivity contribution in [2.75, 3.05) is 11.5 Å². The molecule has 0 aromatic heterocycles. The minimum Gasteiger partial charge on any atom is -0.490 e. The highest BCUT2D eigenvalue weighted by molar-refractivity contribution is 6.39. The lowest BCUT2D eigenvalue weighted by Crippen LogP contribution is -2.54. The molecule has 1 heterocycles. The number of hydrogen-bond donors (Lipinski definition) is 1. The molecule has 1 aliphatic heterocycles. The van der Waals surface area contributed by atoms with Crippen LogP contribution in [0, 0.1) is 6.92 Å². The van der Waals surface area contributed by atoms with E-state index in [-0.39, 0.29) is 17.9 Å². The van der Waals surface area contributed by atoms with Crippen LogP contribution in [0.3, 0.4) is 0 Å². The summed E-state index contributed by atoms with van der Waals surface area (Å²) in [5, 5.41) is 3.25. The van der Waals surface area contributed by atoms with Crippen molar-refractivity contribution in [3.63, 3.8) is 0 Å². The lowest BCUT2D eigenvalue weighted by atomic mass is 10.0. The first kappa shape index (κ1) is 28.0. The van der Waals surface area contributed by atoms with Crippen LogP contribution in [0.1, 0.15) is 29.2 Å². The summed E-state index contributed by atoms with van der Waals surface area (Å²) in [5.41, 5.74) is 3.01. The van der Waals surface area contributed by atoms with E-state index in [1.54, 1.807) is 49.4 Å². The number of urea groups is 1. The number of allylic oxidation sites excluding steroid dienone is 1. The molecule has 3 aromatic rings. The lowest BCUT2D eigenvalue weighted by molar-refractivity contribution is -0.122. The molecule has 0 atom stereocenters. The zero-order valence-corrected chi connectivity index (χ0v) is 22.9. The number of hydrogen-bond acceptors (Lipinski definition) is 5. The smallest absolute Gasteiger partial charge is 0.335 e. The number of rotatable bonds is 9. The third-order valence-electron chi connectivity index (χ3n) is 5.94. The van der Waals surface area contributed by atoms with Crippen LogP contribution in [0.2, 0.25) is 10.0 Å². The van der Waals surface area contributed by atoms with Crippen LogP contribution < -0.4 is 19.7 Å². The predicted octanol–water partition coefficient (Wildman–Crippen LogP) is 6.67. The van der Waals surface area contributed by atoms with Gasteiger partial charge in [-0.1, -0.05) is 47.5 Å². The highest BCUT2D eigenvalue weighted by Gasteiger charge is 2.37. The number of benzene rings is 3. The highest BCUT2D eigenvalue weighted by Crippen LogP contribution is 2.36. The van der Waals surface area contributed by atoms with Crippen molar-refractivity contribution in [1.29, 1.82) is 0 Å². The highest BCUT2D eigenvalue weighted by atomic mass is 35.5. The normalized spacial score (nSPS) is 14.4. The number of carbonyl (C=O) groups is 3. The Kier molecular flexibility index (Phi) is 8.74. The standard InChI is InChI=1S/C30H26Cl2N2O5/c1-4-6-21-13-20(15-26(38-5-2)27(21)39-17-19-8-10-22(31)11-9-19)14-24-28(35)33-30(37)34(29(24)36)23-12-7-18(3)25(32)16-23/h4,7-16H,1,5-6,17H2,2-3H3,(H,33,35,37)/b24-14-. The van der Waals surface area contributed by atoms with E-state index in [2.05, 4.69) is 11.9 Å². The van der Waals surface area contributed by atoms with Crippen molar-refractivity contribution in [2.45, 2.75) is 26.9 Å². The van der Waals surface area contributed by atoms with Gasteiger partial charge in [-0.2, -0.15) is 0 Å². The lowest BCUT2D eigenvalue weighted by Gasteiger charge is -2.26. The van der Waals surface area contributed by atoms with Gasteiger partial charge in [0.2, 0.25) is 0 Å². The van der Waals surface area contributed by atoms with E-state index < -0.39 is 17.8 Å². The molecule has 0 spiro atoms. The van der Waals surface area contributed by atoms with Gasteiger partial charge in [-0.15, -0.1) is 6.58 Å². The largest absolute Gasteiger partial charge is 0.490 e. The summed E-state index contributed by atoms with van der Waals surface area (Å²) in [6.45, 7) is 8.12. The molecule has 7 nitrogen and oxygen atoms in total. The maximum absolute atomic E-state index is 13.4. The van der Waals surface area contributed by atoms with Gasteiger partial charge in [-0.05, 0) is 79.4 Å². The zero-order chi connectivity index (χ0) is 28.1. The molecule has 0 saturated carbocycles. The molecule has 1 aliphatic rings. The SMILES string of the molecule is C=CCc1cc(/C=C2/C(=O)NC(=O)N(c3ccc(C)c(Cl)c3)C2=O)cc(OCC)c1OCc1ccc(Cl)cc1.